The zero-order valence-corrected chi connectivity index (χ0v) is 13.3. The molecule has 0 saturated heterocycles. The van der Waals surface area contributed by atoms with Crippen molar-refractivity contribution in [3.63, 3.8) is 0 Å². The molecule has 0 amide bonds. The smallest absolute Gasteiger partial charge is 0.305 e. The first-order valence-electron chi connectivity index (χ1n) is 6.54. The lowest BCUT2D eigenvalue weighted by atomic mass is 10.3. The van der Waals surface area contributed by atoms with E-state index in [-0.39, 0.29) is 12.5 Å². The molecule has 17 heavy (non-hydrogen) atoms. The highest BCUT2D eigenvalue weighted by atomic mass is 28.4. The fourth-order valence-electron chi connectivity index (χ4n) is 3.04. The van der Waals surface area contributed by atoms with E-state index in [1.54, 1.807) is 0 Å². The van der Waals surface area contributed by atoms with Crippen LogP contribution in [0.2, 0.25) is 16.6 Å². The third-order valence-corrected chi connectivity index (χ3v) is 9.80. The third-order valence-electron chi connectivity index (χ3n) is 3.57. The lowest BCUT2D eigenvalue weighted by molar-refractivity contribution is -0.138. The minimum Gasteiger partial charge on any atom is -0.481 e. The monoisotopic (exact) mass is 260 g/mol. The van der Waals surface area contributed by atoms with E-state index in [1.807, 2.05) is 6.92 Å². The van der Waals surface area contributed by atoms with Gasteiger partial charge in [0.05, 0.1) is 12.5 Å². The molecule has 0 saturated carbocycles. The molecule has 3 nitrogen and oxygen atoms in total. The third kappa shape index (κ3) is 4.10. The summed E-state index contributed by atoms with van der Waals surface area (Å²) in [6.45, 7) is 15.1. The molecule has 0 spiro atoms. The molecule has 0 aliphatic carbocycles. The Morgan fingerprint density at radius 1 is 1.00 bits per heavy atom. The van der Waals surface area contributed by atoms with Crippen molar-refractivity contribution < 1.29 is 14.3 Å². The van der Waals surface area contributed by atoms with Crippen molar-refractivity contribution in [3.05, 3.63) is 0 Å². The first-order chi connectivity index (χ1) is 7.64. The number of aliphatic carboxylic acids is 1. The summed E-state index contributed by atoms with van der Waals surface area (Å²) >= 11 is 0. The predicted octanol–water partition coefficient (Wildman–Crippen LogP) is 4.04. The fraction of sp³-hybridized carbons (Fsp3) is 0.923. The van der Waals surface area contributed by atoms with Gasteiger partial charge in [0.25, 0.3) is 0 Å². The first-order valence-corrected chi connectivity index (χ1v) is 8.68. The second-order valence-corrected chi connectivity index (χ2v) is 11.3. The maximum Gasteiger partial charge on any atom is 0.305 e. The van der Waals surface area contributed by atoms with E-state index < -0.39 is 14.3 Å². The van der Waals surface area contributed by atoms with E-state index >= 15 is 0 Å². The second-order valence-electron chi connectivity index (χ2n) is 5.84. The minimum absolute atomic E-state index is 0.0981. The number of carboxylic acid groups (broad SMARTS) is 1. The summed E-state index contributed by atoms with van der Waals surface area (Å²) in [6.07, 6.45) is -0.0904. The van der Waals surface area contributed by atoms with Crippen LogP contribution in [0.15, 0.2) is 0 Å². The molecule has 0 aromatic rings. The zero-order valence-electron chi connectivity index (χ0n) is 12.3. The SMILES string of the molecule is CC(C)[Si](O[C@@H](C)CC(=O)O)(C(C)C)C(C)C. The number of carboxylic acids is 1. The Bertz CT molecular complexity index is 227. The minimum atomic E-state index is -1.92. The van der Waals surface area contributed by atoms with Gasteiger partial charge in [-0.15, -0.1) is 0 Å². The van der Waals surface area contributed by atoms with E-state index in [4.69, 9.17) is 9.53 Å². The Balaban J connectivity index is 4.98. The molecular formula is C13H28O3Si. The van der Waals surface area contributed by atoms with Crippen LogP contribution in [0.1, 0.15) is 54.9 Å². The fourth-order valence-corrected chi connectivity index (χ4v) is 8.64. The molecule has 4 heteroatoms. The van der Waals surface area contributed by atoms with E-state index in [9.17, 15) is 4.79 Å². The van der Waals surface area contributed by atoms with E-state index in [0.29, 0.717) is 16.6 Å². The molecule has 102 valence electrons. The first kappa shape index (κ1) is 16.6. The molecule has 0 fully saturated rings. The van der Waals surface area contributed by atoms with Gasteiger partial charge in [-0.25, -0.2) is 0 Å². The Labute approximate surface area is 107 Å². The second kappa shape index (κ2) is 6.54. The average molecular weight is 260 g/mol. The van der Waals surface area contributed by atoms with Crippen LogP contribution in [0, 0.1) is 0 Å². The van der Waals surface area contributed by atoms with E-state index in [0.717, 1.165) is 0 Å². The van der Waals surface area contributed by atoms with Gasteiger partial charge in [-0.1, -0.05) is 41.5 Å². The van der Waals surface area contributed by atoms with Crippen LogP contribution in [0.4, 0.5) is 0 Å². The Morgan fingerprint density at radius 3 is 1.59 bits per heavy atom. The topological polar surface area (TPSA) is 46.5 Å². The predicted molar refractivity (Wildman–Crippen MR) is 73.8 cm³/mol. The van der Waals surface area contributed by atoms with Gasteiger partial charge in [-0.2, -0.15) is 0 Å². The molecule has 0 aliphatic heterocycles. The van der Waals surface area contributed by atoms with Gasteiger partial charge in [-0.05, 0) is 23.5 Å². The van der Waals surface area contributed by atoms with E-state index in [2.05, 4.69) is 41.5 Å². The van der Waals surface area contributed by atoms with E-state index in [1.165, 1.54) is 0 Å². The quantitative estimate of drug-likeness (QED) is 0.703. The lowest BCUT2D eigenvalue weighted by Crippen LogP contribution is -2.50. The highest BCUT2D eigenvalue weighted by Gasteiger charge is 2.46. The molecule has 0 unspecified atom stereocenters. The molecule has 0 aliphatic rings. The summed E-state index contributed by atoms with van der Waals surface area (Å²) in [5, 5.41) is 8.83. The summed E-state index contributed by atoms with van der Waals surface area (Å²) in [5.41, 5.74) is 1.50. The van der Waals surface area contributed by atoms with Crippen molar-refractivity contribution in [1.82, 2.24) is 0 Å². The zero-order chi connectivity index (χ0) is 13.8. The number of hydrogen-bond donors (Lipinski definition) is 1. The highest BCUT2D eigenvalue weighted by Crippen LogP contribution is 2.43. The molecule has 0 rings (SSSR count). The number of hydrogen-bond acceptors (Lipinski definition) is 2. The van der Waals surface area contributed by atoms with Gasteiger partial charge >= 0.3 is 5.97 Å². The molecule has 1 N–H and O–H groups in total. The highest BCUT2D eigenvalue weighted by molar-refractivity contribution is 6.77. The van der Waals surface area contributed by atoms with Crippen molar-refractivity contribution in [1.29, 1.82) is 0 Å². The molecular weight excluding hydrogens is 232 g/mol. The lowest BCUT2D eigenvalue weighted by Gasteiger charge is -2.43. The van der Waals surface area contributed by atoms with Crippen LogP contribution in [-0.4, -0.2) is 25.5 Å². The summed E-state index contributed by atoms with van der Waals surface area (Å²) in [5.74, 6) is -0.781. The van der Waals surface area contributed by atoms with Crippen LogP contribution < -0.4 is 0 Å². The largest absolute Gasteiger partial charge is 0.481 e. The normalized spacial score (nSPS) is 14.7. The number of carbonyl (C=O) groups is 1. The summed E-state index contributed by atoms with van der Waals surface area (Å²) < 4.78 is 6.29. The molecule has 0 aromatic heterocycles. The summed E-state index contributed by atoms with van der Waals surface area (Å²) in [6, 6.07) is 0. The van der Waals surface area contributed by atoms with Crippen LogP contribution in [0.5, 0.6) is 0 Å². The molecule has 0 heterocycles. The van der Waals surface area contributed by atoms with Gasteiger partial charge in [0.2, 0.25) is 8.32 Å². The summed E-state index contributed by atoms with van der Waals surface area (Å²) in [4.78, 5) is 10.7. The van der Waals surface area contributed by atoms with Crippen LogP contribution in [0.25, 0.3) is 0 Å². The van der Waals surface area contributed by atoms with Gasteiger partial charge in [-0.3, -0.25) is 4.79 Å². The van der Waals surface area contributed by atoms with Crippen molar-refractivity contribution in [3.8, 4) is 0 Å². The maximum atomic E-state index is 10.7. The maximum absolute atomic E-state index is 10.7. The van der Waals surface area contributed by atoms with Crippen LogP contribution in [-0.2, 0) is 9.22 Å². The van der Waals surface area contributed by atoms with Crippen LogP contribution in [0.3, 0.4) is 0 Å². The number of rotatable bonds is 7. The van der Waals surface area contributed by atoms with Crippen molar-refractivity contribution >= 4 is 14.3 Å². The van der Waals surface area contributed by atoms with Gasteiger partial charge in [0.1, 0.15) is 0 Å². The molecule has 0 aromatic carbocycles. The van der Waals surface area contributed by atoms with Gasteiger partial charge in [0.15, 0.2) is 0 Å². The molecule has 1 atom stereocenters. The van der Waals surface area contributed by atoms with Crippen LogP contribution >= 0.6 is 0 Å². The standard InChI is InChI=1S/C13H28O3Si/c1-9(2)17(10(3)4,11(5)6)16-12(7)8-13(14)15/h9-12H,8H2,1-7H3,(H,14,15)/t12-/m0/s1. The summed E-state index contributed by atoms with van der Waals surface area (Å²) in [7, 11) is -1.92. The molecule has 0 bridgehead atoms. The van der Waals surface area contributed by atoms with Crippen molar-refractivity contribution in [2.24, 2.45) is 0 Å². The Kier molecular flexibility index (Phi) is 6.41. The van der Waals surface area contributed by atoms with Crippen molar-refractivity contribution in [2.45, 2.75) is 77.6 Å². The molecule has 0 radical (unpaired) electrons. The van der Waals surface area contributed by atoms with Gasteiger partial charge < -0.3 is 9.53 Å². The average Bonchev–Trinajstić information content (AvgIpc) is 2.10. The Morgan fingerprint density at radius 2 is 1.35 bits per heavy atom. The Hall–Kier alpha value is -0.353. The van der Waals surface area contributed by atoms with Crippen molar-refractivity contribution in [2.75, 3.05) is 0 Å². The van der Waals surface area contributed by atoms with Gasteiger partial charge in [0, 0.05) is 0 Å².